The van der Waals surface area contributed by atoms with Crippen LogP contribution >= 0.6 is 11.6 Å². The molecule has 112 valence electrons. The third kappa shape index (κ3) is 1.97. The number of benzene rings is 3. The van der Waals surface area contributed by atoms with Gasteiger partial charge in [-0.1, -0.05) is 78.4 Å². The Labute approximate surface area is 140 Å². The highest BCUT2D eigenvalue weighted by Crippen LogP contribution is 2.49. The minimum absolute atomic E-state index is 0.0413. The van der Waals surface area contributed by atoms with Crippen LogP contribution in [0.1, 0.15) is 38.2 Å². The molecule has 23 heavy (non-hydrogen) atoms. The summed E-state index contributed by atoms with van der Waals surface area (Å²) in [5, 5.41) is 0. The average Bonchev–Trinajstić information content (AvgIpc) is 2.60. The Hall–Kier alpha value is -2.38. The van der Waals surface area contributed by atoms with Crippen molar-refractivity contribution < 1.29 is 4.79 Å². The summed E-state index contributed by atoms with van der Waals surface area (Å²) < 4.78 is 0. The number of aryl methyl sites for hydroxylation is 1. The van der Waals surface area contributed by atoms with Crippen LogP contribution in [0.15, 0.2) is 72.8 Å². The van der Waals surface area contributed by atoms with E-state index >= 15 is 0 Å². The molecule has 0 radical (unpaired) electrons. The van der Waals surface area contributed by atoms with Gasteiger partial charge < -0.3 is 0 Å². The molecule has 0 N–H and O–H groups in total. The van der Waals surface area contributed by atoms with Gasteiger partial charge in [0.2, 0.25) is 0 Å². The van der Waals surface area contributed by atoms with E-state index in [0.717, 1.165) is 16.7 Å². The van der Waals surface area contributed by atoms with Gasteiger partial charge in [0.25, 0.3) is 0 Å². The van der Waals surface area contributed by atoms with Crippen LogP contribution in [0.2, 0.25) is 0 Å². The Balaban J connectivity index is 2.09. The number of alkyl halides is 1. The van der Waals surface area contributed by atoms with Gasteiger partial charge in [-0.25, -0.2) is 0 Å². The third-order valence-electron chi connectivity index (χ3n) is 4.54. The average molecular weight is 319 g/mol. The predicted octanol–water partition coefficient (Wildman–Crippen LogP) is 5.07. The van der Waals surface area contributed by atoms with E-state index in [4.69, 9.17) is 11.6 Å². The lowest BCUT2D eigenvalue weighted by atomic mass is 9.73. The van der Waals surface area contributed by atoms with Gasteiger partial charge in [-0.05, 0) is 23.6 Å². The lowest BCUT2D eigenvalue weighted by Gasteiger charge is -2.35. The predicted molar refractivity (Wildman–Crippen MR) is 93.2 cm³/mol. The van der Waals surface area contributed by atoms with Gasteiger partial charge in [0.1, 0.15) is 4.87 Å². The maximum absolute atomic E-state index is 12.8. The van der Waals surface area contributed by atoms with Crippen molar-refractivity contribution in [3.63, 3.8) is 0 Å². The van der Waals surface area contributed by atoms with Gasteiger partial charge >= 0.3 is 0 Å². The van der Waals surface area contributed by atoms with E-state index in [-0.39, 0.29) is 5.78 Å². The first kappa shape index (κ1) is 14.2. The van der Waals surface area contributed by atoms with Gasteiger partial charge in [0, 0.05) is 11.1 Å². The van der Waals surface area contributed by atoms with Crippen molar-refractivity contribution in [2.45, 2.75) is 11.8 Å². The Bertz CT molecular complexity index is 860. The maximum atomic E-state index is 12.8. The molecule has 1 aliphatic rings. The van der Waals surface area contributed by atoms with Crippen LogP contribution < -0.4 is 0 Å². The van der Waals surface area contributed by atoms with Crippen LogP contribution in [0.5, 0.6) is 0 Å². The molecule has 4 rings (SSSR count). The molecule has 0 bridgehead atoms. The highest BCUT2D eigenvalue weighted by Gasteiger charge is 2.43. The quantitative estimate of drug-likeness (QED) is 0.572. The Morgan fingerprint density at radius 3 is 1.74 bits per heavy atom. The van der Waals surface area contributed by atoms with Crippen molar-refractivity contribution in [3.8, 4) is 0 Å². The van der Waals surface area contributed by atoms with E-state index in [1.165, 1.54) is 5.56 Å². The maximum Gasteiger partial charge on any atom is 0.193 e. The van der Waals surface area contributed by atoms with Crippen LogP contribution in [0.3, 0.4) is 0 Å². The molecule has 0 unspecified atom stereocenters. The first-order valence-electron chi connectivity index (χ1n) is 7.62. The van der Waals surface area contributed by atoms with Crippen molar-refractivity contribution in [1.29, 1.82) is 0 Å². The van der Waals surface area contributed by atoms with Crippen LogP contribution in [0.25, 0.3) is 0 Å². The van der Waals surface area contributed by atoms with E-state index < -0.39 is 4.87 Å². The van der Waals surface area contributed by atoms with Gasteiger partial charge in [-0.15, -0.1) is 11.6 Å². The number of carbonyl (C=O) groups is 1. The van der Waals surface area contributed by atoms with Crippen LogP contribution in [0.4, 0.5) is 0 Å². The molecule has 0 atom stereocenters. The minimum atomic E-state index is -0.838. The number of ketones is 1. The van der Waals surface area contributed by atoms with Gasteiger partial charge in [0.05, 0.1) is 0 Å². The Morgan fingerprint density at radius 1 is 0.739 bits per heavy atom. The number of carbonyl (C=O) groups excluding carboxylic acids is 1. The molecule has 2 heteroatoms. The zero-order valence-electron chi connectivity index (χ0n) is 12.7. The molecule has 0 fully saturated rings. The monoisotopic (exact) mass is 318 g/mol. The summed E-state index contributed by atoms with van der Waals surface area (Å²) in [5.74, 6) is 0.0413. The lowest BCUT2D eigenvalue weighted by molar-refractivity contribution is 0.103. The first-order chi connectivity index (χ1) is 11.1. The molecule has 0 heterocycles. The molecule has 0 amide bonds. The summed E-state index contributed by atoms with van der Waals surface area (Å²) in [7, 11) is 0. The lowest BCUT2D eigenvalue weighted by Crippen LogP contribution is -2.32. The molecule has 1 nitrogen and oxygen atoms in total. The molecule has 0 spiro atoms. The molecule has 1 aliphatic carbocycles. The first-order valence-corrected chi connectivity index (χ1v) is 8.00. The molecule has 0 saturated heterocycles. The highest BCUT2D eigenvalue weighted by atomic mass is 35.5. The molecule has 0 aliphatic heterocycles. The summed E-state index contributed by atoms with van der Waals surface area (Å²) in [6.45, 7) is 2.05. The Morgan fingerprint density at radius 2 is 1.22 bits per heavy atom. The Kier molecular flexibility index (Phi) is 3.14. The number of rotatable bonds is 1. The van der Waals surface area contributed by atoms with Crippen LogP contribution in [-0.4, -0.2) is 5.78 Å². The van der Waals surface area contributed by atoms with Crippen molar-refractivity contribution >= 4 is 17.4 Å². The fraction of sp³-hybridized carbons (Fsp3) is 0.0952. The summed E-state index contributed by atoms with van der Waals surface area (Å²) in [6, 6.07) is 23.5. The minimum Gasteiger partial charge on any atom is -0.289 e. The van der Waals surface area contributed by atoms with E-state index in [1.54, 1.807) is 0 Å². The second-order valence-electron chi connectivity index (χ2n) is 5.94. The summed E-state index contributed by atoms with van der Waals surface area (Å²) in [6.07, 6.45) is 0. The van der Waals surface area contributed by atoms with E-state index in [0.29, 0.717) is 11.1 Å². The molecule has 0 aromatic heterocycles. The fourth-order valence-corrected chi connectivity index (χ4v) is 3.80. The number of fused-ring (bicyclic) bond motifs is 2. The van der Waals surface area contributed by atoms with Crippen molar-refractivity contribution in [1.82, 2.24) is 0 Å². The van der Waals surface area contributed by atoms with E-state index in [9.17, 15) is 4.79 Å². The zero-order chi connectivity index (χ0) is 16.0. The largest absolute Gasteiger partial charge is 0.289 e. The molecule has 3 aromatic rings. The summed E-state index contributed by atoms with van der Waals surface area (Å²) in [5.41, 5.74) is 5.24. The fourth-order valence-electron chi connectivity index (χ4n) is 3.35. The van der Waals surface area contributed by atoms with Crippen molar-refractivity contribution in [2.24, 2.45) is 0 Å². The van der Waals surface area contributed by atoms with Crippen LogP contribution in [-0.2, 0) is 4.87 Å². The third-order valence-corrected chi connectivity index (χ3v) is 5.16. The molecule has 3 aromatic carbocycles. The SMILES string of the molecule is Cc1ccc(C2(Cl)c3ccccc3C(=O)c3ccccc32)cc1. The second kappa shape index (κ2) is 5.07. The van der Waals surface area contributed by atoms with E-state index in [2.05, 4.69) is 19.1 Å². The zero-order valence-corrected chi connectivity index (χ0v) is 13.5. The van der Waals surface area contributed by atoms with E-state index in [1.807, 2.05) is 60.7 Å². The summed E-state index contributed by atoms with van der Waals surface area (Å²) in [4.78, 5) is 12.0. The number of hydrogen-bond donors (Lipinski definition) is 0. The smallest absolute Gasteiger partial charge is 0.193 e. The highest BCUT2D eigenvalue weighted by molar-refractivity contribution is 6.31. The van der Waals surface area contributed by atoms with Crippen LogP contribution in [0, 0.1) is 6.92 Å². The number of hydrogen-bond acceptors (Lipinski definition) is 1. The van der Waals surface area contributed by atoms with Crippen molar-refractivity contribution in [2.75, 3.05) is 0 Å². The number of halogens is 1. The van der Waals surface area contributed by atoms with Gasteiger partial charge in [0.15, 0.2) is 5.78 Å². The molecule has 0 saturated carbocycles. The topological polar surface area (TPSA) is 17.1 Å². The second-order valence-corrected chi connectivity index (χ2v) is 6.51. The van der Waals surface area contributed by atoms with Gasteiger partial charge in [-0.3, -0.25) is 4.79 Å². The normalized spacial score (nSPS) is 15.0. The molecular formula is C21H15ClO. The standard InChI is InChI=1S/C21H15ClO/c1-14-10-12-15(13-11-14)21(22)18-8-4-2-6-16(18)20(23)17-7-3-5-9-19(17)21/h2-13H,1H3. The van der Waals surface area contributed by atoms with Crippen molar-refractivity contribution in [3.05, 3.63) is 106 Å². The summed E-state index contributed by atoms with van der Waals surface area (Å²) >= 11 is 7.23. The molecular weight excluding hydrogens is 304 g/mol. The van der Waals surface area contributed by atoms with Gasteiger partial charge in [-0.2, -0.15) is 0 Å².